The van der Waals surface area contributed by atoms with E-state index < -0.39 is 5.97 Å². The smallest absolute Gasteiger partial charge is 0.326 e. The van der Waals surface area contributed by atoms with Crippen molar-refractivity contribution in [2.24, 2.45) is 0 Å². The molecule has 0 saturated heterocycles. The van der Waals surface area contributed by atoms with Gasteiger partial charge in [0.1, 0.15) is 12.3 Å². The molecular weight excluding hydrogens is 258 g/mol. The number of nitrogens with zero attached hydrogens (tertiary/aromatic N) is 1. The lowest BCUT2D eigenvalue weighted by Crippen LogP contribution is -2.25. The highest BCUT2D eigenvalue weighted by Crippen LogP contribution is 2.22. The summed E-state index contributed by atoms with van der Waals surface area (Å²) in [6, 6.07) is 6.98. The Labute approximate surface area is 116 Å². The van der Waals surface area contributed by atoms with Crippen LogP contribution in [-0.4, -0.2) is 24.3 Å². The van der Waals surface area contributed by atoms with Gasteiger partial charge < -0.3 is 9.47 Å². The highest BCUT2D eigenvalue weighted by molar-refractivity contribution is 5.85. The summed E-state index contributed by atoms with van der Waals surface area (Å²) < 4.78 is 11.5. The second-order valence-corrected chi connectivity index (χ2v) is 4.44. The minimum absolute atomic E-state index is 0.101. The van der Waals surface area contributed by atoms with Gasteiger partial charge in [0.15, 0.2) is 0 Å². The molecule has 2 rings (SSSR count). The van der Waals surface area contributed by atoms with Crippen LogP contribution < -0.4 is 10.3 Å². The first-order chi connectivity index (χ1) is 9.56. The van der Waals surface area contributed by atoms with Gasteiger partial charge in [-0.05, 0) is 31.5 Å². The van der Waals surface area contributed by atoms with Gasteiger partial charge in [0.2, 0.25) is 0 Å². The number of ether oxygens (including phenoxy) is 2. The van der Waals surface area contributed by atoms with E-state index in [1.165, 1.54) is 10.6 Å². The van der Waals surface area contributed by atoms with Crippen molar-refractivity contribution >= 4 is 16.9 Å². The van der Waals surface area contributed by atoms with Crippen LogP contribution >= 0.6 is 0 Å². The summed E-state index contributed by atoms with van der Waals surface area (Å²) in [4.78, 5) is 23.7. The van der Waals surface area contributed by atoms with Crippen LogP contribution in [0.3, 0.4) is 0 Å². The molecule has 2 aromatic rings. The first-order valence-corrected chi connectivity index (χ1v) is 6.40. The molecule has 1 heterocycles. The Balaban J connectivity index is 2.62. The molecule has 0 unspecified atom stereocenters. The van der Waals surface area contributed by atoms with Gasteiger partial charge in [-0.25, -0.2) is 0 Å². The number of pyridine rings is 1. The van der Waals surface area contributed by atoms with Crippen molar-refractivity contribution in [3.63, 3.8) is 0 Å². The number of rotatable bonds is 4. The summed E-state index contributed by atoms with van der Waals surface area (Å²) >= 11 is 0. The minimum atomic E-state index is -0.428. The number of esters is 1. The van der Waals surface area contributed by atoms with Crippen molar-refractivity contribution in [1.82, 2.24) is 4.57 Å². The van der Waals surface area contributed by atoms with Crippen molar-refractivity contribution in [3.05, 3.63) is 40.2 Å². The molecule has 0 amide bonds. The summed E-state index contributed by atoms with van der Waals surface area (Å²) in [7, 11) is 1.56. The number of carbonyl (C=O) groups is 1. The Morgan fingerprint density at radius 2 is 2.05 bits per heavy atom. The molecule has 0 radical (unpaired) electrons. The Bertz CT molecular complexity index is 703. The van der Waals surface area contributed by atoms with Crippen molar-refractivity contribution in [1.29, 1.82) is 0 Å². The fraction of sp³-hybridized carbons (Fsp3) is 0.333. The molecule has 5 nitrogen and oxygen atoms in total. The zero-order valence-corrected chi connectivity index (χ0v) is 11.8. The standard InChI is InChI=1S/C15H17NO4/c1-4-20-15(18)9-16-13-8-11(19-3)5-6-12(13)10(2)7-14(16)17/h5-8H,4,9H2,1-3H3. The van der Waals surface area contributed by atoms with Crippen molar-refractivity contribution in [2.45, 2.75) is 20.4 Å². The molecule has 20 heavy (non-hydrogen) atoms. The van der Waals surface area contributed by atoms with E-state index >= 15 is 0 Å². The Hall–Kier alpha value is -2.30. The van der Waals surface area contributed by atoms with E-state index in [-0.39, 0.29) is 12.1 Å². The van der Waals surface area contributed by atoms with Gasteiger partial charge in [-0.3, -0.25) is 14.2 Å². The third kappa shape index (κ3) is 2.66. The number of benzene rings is 1. The second kappa shape index (κ2) is 5.77. The SMILES string of the molecule is CCOC(=O)Cn1c(=O)cc(C)c2ccc(OC)cc21. The normalized spacial score (nSPS) is 10.6. The summed E-state index contributed by atoms with van der Waals surface area (Å²) in [5.74, 6) is 0.211. The molecule has 0 N–H and O–H groups in total. The van der Waals surface area contributed by atoms with Gasteiger partial charge in [-0.1, -0.05) is 0 Å². The number of fused-ring (bicyclic) bond motifs is 1. The van der Waals surface area contributed by atoms with E-state index in [0.717, 1.165) is 10.9 Å². The largest absolute Gasteiger partial charge is 0.497 e. The number of hydrogen-bond donors (Lipinski definition) is 0. The van der Waals surface area contributed by atoms with Crippen LogP contribution in [0, 0.1) is 6.92 Å². The fourth-order valence-electron chi connectivity index (χ4n) is 2.15. The van der Waals surface area contributed by atoms with Gasteiger partial charge in [0.25, 0.3) is 5.56 Å². The van der Waals surface area contributed by atoms with Crippen molar-refractivity contribution in [3.8, 4) is 5.75 Å². The summed E-state index contributed by atoms with van der Waals surface area (Å²) in [6.07, 6.45) is 0. The number of aryl methyl sites for hydroxylation is 1. The lowest BCUT2D eigenvalue weighted by molar-refractivity contribution is -0.143. The van der Waals surface area contributed by atoms with Crippen LogP contribution in [-0.2, 0) is 16.1 Å². The third-order valence-electron chi connectivity index (χ3n) is 3.12. The molecular formula is C15H17NO4. The van der Waals surface area contributed by atoms with Gasteiger partial charge in [-0.2, -0.15) is 0 Å². The molecule has 0 atom stereocenters. The van der Waals surface area contributed by atoms with E-state index in [9.17, 15) is 9.59 Å². The van der Waals surface area contributed by atoms with Crippen LogP contribution in [0.1, 0.15) is 12.5 Å². The first-order valence-electron chi connectivity index (χ1n) is 6.40. The van der Waals surface area contributed by atoms with Crippen LogP contribution in [0.25, 0.3) is 10.9 Å². The maximum Gasteiger partial charge on any atom is 0.326 e. The van der Waals surface area contributed by atoms with Crippen LogP contribution in [0.4, 0.5) is 0 Å². The fourth-order valence-corrected chi connectivity index (χ4v) is 2.15. The summed E-state index contributed by atoms with van der Waals surface area (Å²) in [5, 5.41) is 0.912. The molecule has 5 heteroatoms. The highest BCUT2D eigenvalue weighted by atomic mass is 16.5. The maximum absolute atomic E-state index is 12.1. The average Bonchev–Trinajstić information content (AvgIpc) is 2.43. The third-order valence-corrected chi connectivity index (χ3v) is 3.12. The van der Waals surface area contributed by atoms with Crippen LogP contribution in [0.2, 0.25) is 0 Å². The molecule has 0 bridgehead atoms. The van der Waals surface area contributed by atoms with E-state index in [2.05, 4.69) is 0 Å². The average molecular weight is 275 g/mol. The maximum atomic E-state index is 12.1. The van der Waals surface area contributed by atoms with Crippen molar-refractivity contribution in [2.75, 3.05) is 13.7 Å². The molecule has 0 fully saturated rings. The number of methoxy groups -OCH3 is 1. The van der Waals surface area contributed by atoms with Gasteiger partial charge in [-0.15, -0.1) is 0 Å². The van der Waals surface area contributed by atoms with Gasteiger partial charge in [0.05, 0.1) is 19.2 Å². The lowest BCUT2D eigenvalue weighted by atomic mass is 10.1. The summed E-state index contributed by atoms with van der Waals surface area (Å²) in [5.41, 5.74) is 1.31. The molecule has 106 valence electrons. The predicted molar refractivity (Wildman–Crippen MR) is 76.1 cm³/mol. The van der Waals surface area contributed by atoms with E-state index in [1.807, 2.05) is 19.1 Å². The van der Waals surface area contributed by atoms with Gasteiger partial charge >= 0.3 is 5.97 Å². The van der Waals surface area contributed by atoms with E-state index in [0.29, 0.717) is 17.9 Å². The van der Waals surface area contributed by atoms with Crippen molar-refractivity contribution < 1.29 is 14.3 Å². The van der Waals surface area contributed by atoms with E-state index in [4.69, 9.17) is 9.47 Å². The van der Waals surface area contributed by atoms with Crippen LogP contribution in [0.5, 0.6) is 5.75 Å². The molecule has 1 aromatic heterocycles. The summed E-state index contributed by atoms with van der Waals surface area (Å²) in [6.45, 7) is 3.79. The lowest BCUT2D eigenvalue weighted by Gasteiger charge is -2.12. The zero-order chi connectivity index (χ0) is 14.7. The molecule has 0 spiro atoms. The highest BCUT2D eigenvalue weighted by Gasteiger charge is 2.11. The molecule has 0 saturated carbocycles. The molecule has 1 aromatic carbocycles. The number of hydrogen-bond acceptors (Lipinski definition) is 4. The zero-order valence-electron chi connectivity index (χ0n) is 11.8. The monoisotopic (exact) mass is 275 g/mol. The van der Waals surface area contributed by atoms with Gasteiger partial charge in [0, 0.05) is 17.5 Å². The van der Waals surface area contributed by atoms with E-state index in [1.54, 1.807) is 20.1 Å². The Morgan fingerprint density at radius 3 is 2.70 bits per heavy atom. The molecule has 0 aliphatic rings. The number of aromatic nitrogens is 1. The predicted octanol–water partition coefficient (Wildman–Crippen LogP) is 1.88. The minimum Gasteiger partial charge on any atom is -0.497 e. The Kier molecular flexibility index (Phi) is 4.08. The first kappa shape index (κ1) is 14.1. The second-order valence-electron chi connectivity index (χ2n) is 4.44. The van der Waals surface area contributed by atoms with Crippen LogP contribution in [0.15, 0.2) is 29.1 Å². The molecule has 0 aliphatic carbocycles. The number of carbonyl (C=O) groups excluding carboxylic acids is 1. The quantitative estimate of drug-likeness (QED) is 0.799. The topological polar surface area (TPSA) is 57.5 Å². The Morgan fingerprint density at radius 1 is 1.30 bits per heavy atom. The molecule has 0 aliphatic heterocycles.